The number of benzene rings is 1. The van der Waals surface area contributed by atoms with Crippen molar-refractivity contribution in [3.8, 4) is 0 Å². The lowest BCUT2D eigenvalue weighted by atomic mass is 9.99. The van der Waals surface area contributed by atoms with Crippen molar-refractivity contribution in [1.82, 2.24) is 10.2 Å². The molecule has 0 bridgehead atoms. The number of urea groups is 1. The van der Waals surface area contributed by atoms with Crippen LogP contribution in [0.15, 0.2) is 30.3 Å². The standard InChI is InChI=1S/C14H21N3O/c1-17-9-5-6-12(11-17)10-15-14(18)16-13-7-3-2-4-8-13/h2-4,7-8,12H,5-6,9-11H2,1H3,(H2,15,16,18)/t12-/m1/s1. The highest BCUT2D eigenvalue weighted by Gasteiger charge is 2.17. The Morgan fingerprint density at radius 3 is 2.89 bits per heavy atom. The second-order valence-corrected chi connectivity index (χ2v) is 4.97. The Labute approximate surface area is 108 Å². The number of nitrogens with one attached hydrogen (secondary N) is 2. The van der Waals surface area contributed by atoms with Crippen LogP contribution in [0.4, 0.5) is 10.5 Å². The molecular weight excluding hydrogens is 226 g/mol. The summed E-state index contributed by atoms with van der Waals surface area (Å²) in [6.07, 6.45) is 2.43. The van der Waals surface area contributed by atoms with Gasteiger partial charge in [0, 0.05) is 18.8 Å². The summed E-state index contributed by atoms with van der Waals surface area (Å²) in [5.41, 5.74) is 0.829. The van der Waals surface area contributed by atoms with Crippen LogP contribution in [0.25, 0.3) is 0 Å². The number of likely N-dealkylation sites (tertiary alicyclic amines) is 1. The number of nitrogens with zero attached hydrogens (tertiary/aromatic N) is 1. The highest BCUT2D eigenvalue weighted by Crippen LogP contribution is 2.13. The zero-order chi connectivity index (χ0) is 12.8. The van der Waals surface area contributed by atoms with Gasteiger partial charge in [-0.05, 0) is 44.5 Å². The van der Waals surface area contributed by atoms with Crippen LogP contribution < -0.4 is 10.6 Å². The monoisotopic (exact) mass is 247 g/mol. The zero-order valence-electron chi connectivity index (χ0n) is 10.9. The van der Waals surface area contributed by atoms with Crippen molar-refractivity contribution < 1.29 is 4.79 Å². The number of carbonyl (C=O) groups excluding carboxylic acids is 1. The molecule has 1 atom stereocenters. The van der Waals surface area contributed by atoms with Gasteiger partial charge in [-0.2, -0.15) is 0 Å². The average Bonchev–Trinajstić information content (AvgIpc) is 2.38. The van der Waals surface area contributed by atoms with Gasteiger partial charge >= 0.3 is 6.03 Å². The van der Waals surface area contributed by atoms with E-state index < -0.39 is 0 Å². The first-order valence-electron chi connectivity index (χ1n) is 6.52. The van der Waals surface area contributed by atoms with Crippen molar-refractivity contribution in [3.05, 3.63) is 30.3 Å². The predicted octanol–water partition coefficient (Wildman–Crippen LogP) is 2.15. The van der Waals surface area contributed by atoms with Crippen molar-refractivity contribution >= 4 is 11.7 Å². The number of amides is 2. The second-order valence-electron chi connectivity index (χ2n) is 4.97. The van der Waals surface area contributed by atoms with Gasteiger partial charge in [0.15, 0.2) is 0 Å². The van der Waals surface area contributed by atoms with E-state index in [1.807, 2.05) is 30.3 Å². The van der Waals surface area contributed by atoms with Crippen molar-refractivity contribution in [2.45, 2.75) is 12.8 Å². The van der Waals surface area contributed by atoms with E-state index in [9.17, 15) is 4.79 Å². The summed E-state index contributed by atoms with van der Waals surface area (Å²) in [7, 11) is 2.14. The number of rotatable bonds is 3. The van der Waals surface area contributed by atoms with Crippen molar-refractivity contribution in [2.75, 3.05) is 32.0 Å². The van der Waals surface area contributed by atoms with Crippen LogP contribution in [-0.4, -0.2) is 37.6 Å². The Balaban J connectivity index is 1.71. The van der Waals surface area contributed by atoms with Crippen molar-refractivity contribution in [2.24, 2.45) is 5.92 Å². The molecule has 2 rings (SSSR count). The van der Waals surface area contributed by atoms with E-state index >= 15 is 0 Å². The molecule has 1 aliphatic heterocycles. The van der Waals surface area contributed by atoms with Crippen LogP contribution in [-0.2, 0) is 0 Å². The van der Waals surface area contributed by atoms with E-state index in [1.165, 1.54) is 19.4 Å². The predicted molar refractivity (Wildman–Crippen MR) is 73.7 cm³/mol. The molecule has 4 heteroatoms. The van der Waals surface area contributed by atoms with Gasteiger partial charge in [-0.3, -0.25) is 0 Å². The van der Waals surface area contributed by atoms with Crippen LogP contribution in [0.3, 0.4) is 0 Å². The summed E-state index contributed by atoms with van der Waals surface area (Å²) >= 11 is 0. The maximum atomic E-state index is 11.7. The Morgan fingerprint density at radius 1 is 1.39 bits per heavy atom. The molecule has 0 aromatic heterocycles. The van der Waals surface area contributed by atoms with Gasteiger partial charge in [0.05, 0.1) is 0 Å². The maximum absolute atomic E-state index is 11.7. The first-order valence-corrected chi connectivity index (χ1v) is 6.52. The molecule has 0 radical (unpaired) electrons. The fraction of sp³-hybridized carbons (Fsp3) is 0.500. The zero-order valence-corrected chi connectivity index (χ0v) is 10.9. The van der Waals surface area contributed by atoms with Gasteiger partial charge in [0.25, 0.3) is 0 Å². The highest BCUT2D eigenvalue weighted by molar-refractivity contribution is 5.89. The third-order valence-electron chi connectivity index (χ3n) is 3.31. The molecule has 0 spiro atoms. The van der Waals surface area contributed by atoms with Crippen LogP contribution >= 0.6 is 0 Å². The van der Waals surface area contributed by atoms with Gasteiger partial charge in [0.1, 0.15) is 0 Å². The van der Waals surface area contributed by atoms with E-state index in [0.717, 1.165) is 18.8 Å². The number of piperidine rings is 1. The van der Waals surface area contributed by atoms with Gasteiger partial charge in [0.2, 0.25) is 0 Å². The molecule has 1 aromatic rings. The second kappa shape index (κ2) is 6.40. The quantitative estimate of drug-likeness (QED) is 0.859. The topological polar surface area (TPSA) is 44.4 Å². The molecular formula is C14H21N3O. The minimum Gasteiger partial charge on any atom is -0.338 e. The third-order valence-corrected chi connectivity index (χ3v) is 3.31. The largest absolute Gasteiger partial charge is 0.338 e. The maximum Gasteiger partial charge on any atom is 0.319 e. The smallest absolute Gasteiger partial charge is 0.319 e. The average molecular weight is 247 g/mol. The fourth-order valence-electron chi connectivity index (χ4n) is 2.37. The first-order chi connectivity index (χ1) is 8.74. The Bertz CT molecular complexity index is 380. The molecule has 2 amide bonds. The Kier molecular flexibility index (Phi) is 4.59. The molecule has 1 heterocycles. The number of hydrogen-bond donors (Lipinski definition) is 2. The molecule has 1 saturated heterocycles. The van der Waals surface area contributed by atoms with Gasteiger partial charge in [-0.1, -0.05) is 18.2 Å². The van der Waals surface area contributed by atoms with Gasteiger partial charge < -0.3 is 15.5 Å². The van der Waals surface area contributed by atoms with Crippen LogP contribution in [0.5, 0.6) is 0 Å². The summed E-state index contributed by atoms with van der Waals surface area (Å²) in [5.74, 6) is 0.574. The molecule has 0 aliphatic carbocycles. The lowest BCUT2D eigenvalue weighted by Gasteiger charge is -2.29. The minimum atomic E-state index is -0.116. The summed E-state index contributed by atoms with van der Waals surface area (Å²) in [5, 5.41) is 5.77. The molecule has 1 aromatic carbocycles. The SMILES string of the molecule is CN1CCC[C@H](CNC(=O)Nc2ccccc2)C1. The third kappa shape index (κ3) is 4.04. The molecule has 0 saturated carbocycles. The molecule has 98 valence electrons. The molecule has 1 fully saturated rings. The first kappa shape index (κ1) is 12.9. The van der Waals surface area contributed by atoms with E-state index in [4.69, 9.17) is 0 Å². The van der Waals surface area contributed by atoms with E-state index in [2.05, 4.69) is 22.6 Å². The molecule has 1 aliphatic rings. The van der Waals surface area contributed by atoms with E-state index in [0.29, 0.717) is 5.92 Å². The van der Waals surface area contributed by atoms with E-state index in [1.54, 1.807) is 0 Å². The Morgan fingerprint density at radius 2 is 2.17 bits per heavy atom. The normalized spacial score (nSPS) is 20.4. The van der Waals surface area contributed by atoms with Crippen molar-refractivity contribution in [1.29, 1.82) is 0 Å². The van der Waals surface area contributed by atoms with Crippen LogP contribution in [0.1, 0.15) is 12.8 Å². The summed E-state index contributed by atoms with van der Waals surface area (Å²) < 4.78 is 0. The lowest BCUT2D eigenvalue weighted by molar-refractivity contribution is 0.204. The van der Waals surface area contributed by atoms with Crippen LogP contribution in [0.2, 0.25) is 0 Å². The van der Waals surface area contributed by atoms with Crippen molar-refractivity contribution in [3.63, 3.8) is 0 Å². The highest BCUT2D eigenvalue weighted by atomic mass is 16.2. The lowest BCUT2D eigenvalue weighted by Crippen LogP contribution is -2.40. The molecule has 0 unspecified atom stereocenters. The molecule has 18 heavy (non-hydrogen) atoms. The van der Waals surface area contributed by atoms with E-state index in [-0.39, 0.29) is 6.03 Å². The van der Waals surface area contributed by atoms with Gasteiger partial charge in [-0.25, -0.2) is 4.79 Å². The molecule has 2 N–H and O–H groups in total. The fourth-order valence-corrected chi connectivity index (χ4v) is 2.37. The number of para-hydroxylation sites is 1. The number of hydrogen-bond acceptors (Lipinski definition) is 2. The number of anilines is 1. The molecule has 4 nitrogen and oxygen atoms in total. The summed E-state index contributed by atoms with van der Waals surface area (Å²) in [6.45, 7) is 3.00. The van der Waals surface area contributed by atoms with Crippen LogP contribution in [0, 0.1) is 5.92 Å². The number of carbonyl (C=O) groups is 1. The van der Waals surface area contributed by atoms with Gasteiger partial charge in [-0.15, -0.1) is 0 Å². The Hall–Kier alpha value is -1.55. The minimum absolute atomic E-state index is 0.116. The summed E-state index contributed by atoms with van der Waals surface area (Å²) in [4.78, 5) is 14.0. The summed E-state index contributed by atoms with van der Waals surface area (Å²) in [6, 6.07) is 9.40.